The molecule has 2 aromatic carbocycles. The van der Waals surface area contributed by atoms with Crippen molar-refractivity contribution >= 4 is 21.4 Å². The predicted octanol–water partition coefficient (Wildman–Crippen LogP) is 3.86. The second-order valence-electron chi connectivity index (χ2n) is 7.18. The summed E-state index contributed by atoms with van der Waals surface area (Å²) in [6.45, 7) is 4.25. The van der Waals surface area contributed by atoms with Crippen molar-refractivity contribution in [2.75, 3.05) is 5.32 Å². The van der Waals surface area contributed by atoms with Crippen LogP contribution in [0.1, 0.15) is 55.3 Å². The van der Waals surface area contributed by atoms with Crippen molar-refractivity contribution in [3.05, 3.63) is 63.2 Å². The summed E-state index contributed by atoms with van der Waals surface area (Å²) in [6, 6.07) is 10.1. The Kier molecular flexibility index (Phi) is 5.21. The second-order valence-corrected chi connectivity index (χ2v) is 8.71. The first-order valence-electron chi connectivity index (χ1n) is 8.87. The van der Waals surface area contributed by atoms with Crippen LogP contribution in [-0.2, 0) is 16.4 Å². The number of sulfonamides is 1. The molecule has 3 rings (SSSR count). The van der Waals surface area contributed by atoms with Gasteiger partial charge in [0.15, 0.2) is 0 Å². The lowest BCUT2D eigenvalue weighted by molar-refractivity contribution is -0.385. The Morgan fingerprint density at radius 1 is 1.22 bits per heavy atom. The number of nitrogens with two attached hydrogens (primary N) is 1. The molecular weight excluding hydrogens is 366 g/mol. The van der Waals surface area contributed by atoms with Gasteiger partial charge in [0, 0.05) is 12.1 Å². The third-order valence-corrected chi connectivity index (χ3v) is 5.91. The largest absolute Gasteiger partial charge is 0.377 e. The van der Waals surface area contributed by atoms with Gasteiger partial charge in [0.2, 0.25) is 10.0 Å². The van der Waals surface area contributed by atoms with Crippen molar-refractivity contribution in [2.45, 2.75) is 50.0 Å². The summed E-state index contributed by atoms with van der Waals surface area (Å²) in [5, 5.41) is 19.6. The zero-order chi connectivity index (χ0) is 19.8. The third-order valence-electron chi connectivity index (χ3n) is 4.96. The predicted molar refractivity (Wildman–Crippen MR) is 104 cm³/mol. The molecular formula is C19H23N3O4S. The number of non-ortho nitro benzene ring substituents is 1. The molecule has 0 bridgehead atoms. The number of primary sulfonamides is 1. The Morgan fingerprint density at radius 3 is 2.59 bits per heavy atom. The number of nitrogens with one attached hydrogen (secondary N) is 1. The standard InChI is InChI=1S/C19H23N3O4S/c1-12(2)14-7-6-13-4-3-5-17(16(13)10-14)21-18-9-8-15(22(23)24)11-19(18)27(20,25)26/h6-12,17,21H,3-5H2,1-2H3,(H2,20,25,26)/t17-/m1/s1. The molecule has 0 spiro atoms. The van der Waals surface area contributed by atoms with E-state index in [1.165, 1.54) is 23.3 Å². The van der Waals surface area contributed by atoms with Gasteiger partial charge in [0.25, 0.3) is 5.69 Å². The number of rotatable bonds is 5. The Morgan fingerprint density at radius 2 is 1.96 bits per heavy atom. The number of anilines is 1. The van der Waals surface area contributed by atoms with E-state index in [1.54, 1.807) is 0 Å². The van der Waals surface area contributed by atoms with Gasteiger partial charge in [-0.25, -0.2) is 13.6 Å². The number of benzene rings is 2. The highest BCUT2D eigenvalue weighted by atomic mass is 32.2. The van der Waals surface area contributed by atoms with E-state index in [4.69, 9.17) is 5.14 Å². The fourth-order valence-electron chi connectivity index (χ4n) is 3.49. The molecule has 0 fully saturated rings. The van der Waals surface area contributed by atoms with Crippen molar-refractivity contribution in [2.24, 2.45) is 5.14 Å². The molecule has 1 aliphatic rings. The zero-order valence-electron chi connectivity index (χ0n) is 15.3. The zero-order valence-corrected chi connectivity index (χ0v) is 16.1. The van der Waals surface area contributed by atoms with E-state index in [-0.39, 0.29) is 22.3 Å². The van der Waals surface area contributed by atoms with Gasteiger partial charge in [0.05, 0.1) is 16.7 Å². The molecule has 0 saturated carbocycles. The summed E-state index contributed by atoms with van der Waals surface area (Å²) in [7, 11) is -4.11. The van der Waals surface area contributed by atoms with E-state index >= 15 is 0 Å². The van der Waals surface area contributed by atoms with E-state index in [2.05, 4.69) is 37.4 Å². The van der Waals surface area contributed by atoms with Gasteiger partial charge in [-0.3, -0.25) is 10.1 Å². The first-order chi connectivity index (χ1) is 12.7. The lowest BCUT2D eigenvalue weighted by atomic mass is 9.85. The molecule has 7 nitrogen and oxygen atoms in total. The number of nitro groups is 1. The van der Waals surface area contributed by atoms with Gasteiger partial charge in [-0.1, -0.05) is 32.0 Å². The highest BCUT2D eigenvalue weighted by Crippen LogP contribution is 2.36. The smallest absolute Gasteiger partial charge is 0.270 e. The first kappa shape index (κ1) is 19.3. The van der Waals surface area contributed by atoms with Crippen LogP contribution in [0.3, 0.4) is 0 Å². The van der Waals surface area contributed by atoms with Crippen LogP contribution in [0.2, 0.25) is 0 Å². The molecule has 27 heavy (non-hydrogen) atoms. The van der Waals surface area contributed by atoms with Gasteiger partial charge in [-0.2, -0.15) is 0 Å². The topological polar surface area (TPSA) is 115 Å². The minimum atomic E-state index is -4.11. The number of fused-ring (bicyclic) bond motifs is 1. The van der Waals surface area contributed by atoms with Crippen LogP contribution in [0, 0.1) is 10.1 Å². The molecule has 1 aliphatic carbocycles. The van der Waals surface area contributed by atoms with Crippen molar-refractivity contribution < 1.29 is 13.3 Å². The van der Waals surface area contributed by atoms with E-state index < -0.39 is 14.9 Å². The Bertz CT molecular complexity index is 986. The van der Waals surface area contributed by atoms with Crippen LogP contribution in [0.25, 0.3) is 0 Å². The maximum atomic E-state index is 12.0. The van der Waals surface area contributed by atoms with Crippen molar-refractivity contribution in [3.8, 4) is 0 Å². The minimum Gasteiger partial charge on any atom is -0.377 e. The number of hydrogen-bond donors (Lipinski definition) is 2. The van der Waals surface area contributed by atoms with Crippen molar-refractivity contribution in [3.63, 3.8) is 0 Å². The summed E-state index contributed by atoms with van der Waals surface area (Å²) < 4.78 is 23.9. The normalized spacial score (nSPS) is 16.8. The van der Waals surface area contributed by atoms with Gasteiger partial charge in [-0.05, 0) is 47.9 Å². The van der Waals surface area contributed by atoms with E-state index in [9.17, 15) is 18.5 Å². The van der Waals surface area contributed by atoms with Crippen LogP contribution in [0.15, 0.2) is 41.3 Å². The Labute approximate surface area is 158 Å². The Balaban J connectivity index is 2.02. The molecule has 0 unspecified atom stereocenters. The van der Waals surface area contributed by atoms with E-state index in [1.807, 2.05) is 0 Å². The Hall–Kier alpha value is -2.45. The van der Waals surface area contributed by atoms with Gasteiger partial charge < -0.3 is 5.32 Å². The van der Waals surface area contributed by atoms with Crippen molar-refractivity contribution in [1.82, 2.24) is 0 Å². The third kappa shape index (κ3) is 4.12. The average molecular weight is 389 g/mol. The molecule has 1 atom stereocenters. The molecule has 0 heterocycles. The SMILES string of the molecule is CC(C)c1ccc2c(c1)[C@H](Nc1ccc([N+](=O)[O-])cc1S(N)(=O)=O)CCC2. The number of hydrogen-bond acceptors (Lipinski definition) is 5. The number of nitro benzene ring substituents is 1. The van der Waals surface area contributed by atoms with Crippen LogP contribution in [0.4, 0.5) is 11.4 Å². The van der Waals surface area contributed by atoms with E-state index in [0.717, 1.165) is 30.9 Å². The number of nitrogens with zero attached hydrogens (tertiary/aromatic N) is 1. The number of aryl methyl sites for hydroxylation is 1. The highest BCUT2D eigenvalue weighted by Gasteiger charge is 2.25. The van der Waals surface area contributed by atoms with Gasteiger partial charge >= 0.3 is 0 Å². The highest BCUT2D eigenvalue weighted by molar-refractivity contribution is 7.89. The molecule has 3 N–H and O–H groups in total. The van der Waals surface area contributed by atoms with Gasteiger partial charge in [-0.15, -0.1) is 0 Å². The molecule has 0 amide bonds. The lowest BCUT2D eigenvalue weighted by Gasteiger charge is -2.29. The molecule has 8 heteroatoms. The second kappa shape index (κ2) is 7.28. The van der Waals surface area contributed by atoms with Crippen LogP contribution >= 0.6 is 0 Å². The lowest BCUT2D eigenvalue weighted by Crippen LogP contribution is -2.21. The molecule has 0 radical (unpaired) electrons. The summed E-state index contributed by atoms with van der Waals surface area (Å²) in [4.78, 5) is 10.1. The fraction of sp³-hybridized carbons (Fsp3) is 0.368. The monoisotopic (exact) mass is 389 g/mol. The van der Waals surface area contributed by atoms with E-state index in [0.29, 0.717) is 5.92 Å². The molecule has 0 aliphatic heterocycles. The fourth-order valence-corrected chi connectivity index (χ4v) is 4.21. The summed E-state index contributed by atoms with van der Waals surface area (Å²) >= 11 is 0. The summed E-state index contributed by atoms with van der Waals surface area (Å²) in [6.07, 6.45) is 2.80. The summed E-state index contributed by atoms with van der Waals surface area (Å²) in [5.41, 5.74) is 3.58. The van der Waals surface area contributed by atoms with Crippen molar-refractivity contribution in [1.29, 1.82) is 0 Å². The minimum absolute atomic E-state index is 0.0746. The molecule has 144 valence electrons. The quantitative estimate of drug-likeness (QED) is 0.595. The van der Waals surface area contributed by atoms with Crippen LogP contribution < -0.4 is 10.5 Å². The van der Waals surface area contributed by atoms with Crippen LogP contribution in [-0.4, -0.2) is 13.3 Å². The van der Waals surface area contributed by atoms with Gasteiger partial charge in [0.1, 0.15) is 4.90 Å². The summed E-state index contributed by atoms with van der Waals surface area (Å²) in [5.74, 6) is 0.386. The van der Waals surface area contributed by atoms with Crippen LogP contribution in [0.5, 0.6) is 0 Å². The average Bonchev–Trinajstić information content (AvgIpc) is 2.60. The first-order valence-corrected chi connectivity index (χ1v) is 10.4. The molecule has 0 saturated heterocycles. The maximum absolute atomic E-state index is 12.0. The molecule has 2 aromatic rings. The maximum Gasteiger partial charge on any atom is 0.270 e. The molecule has 0 aromatic heterocycles.